The van der Waals surface area contributed by atoms with Gasteiger partial charge in [0.05, 0.1) is 5.56 Å². The van der Waals surface area contributed by atoms with Gasteiger partial charge in [-0.05, 0) is 61.2 Å². The van der Waals surface area contributed by atoms with Gasteiger partial charge in [-0.15, -0.1) is 0 Å². The molecule has 186 valence electrons. The monoisotopic (exact) mass is 476 g/mol. The number of ether oxygens (including phenoxy) is 2. The molecule has 4 rings (SSSR count). The largest absolute Gasteiger partial charge is 0.478 e. The first-order valence-electron chi connectivity index (χ1n) is 12.5. The normalized spacial score (nSPS) is 22.4. The van der Waals surface area contributed by atoms with Gasteiger partial charge in [-0.3, -0.25) is 4.90 Å². The van der Waals surface area contributed by atoms with Gasteiger partial charge in [0.1, 0.15) is 0 Å². The number of anilines is 1. The molecule has 0 unspecified atom stereocenters. The Bertz CT molecular complexity index is 981. The summed E-state index contributed by atoms with van der Waals surface area (Å²) in [6.45, 7) is 4.92. The molecule has 0 saturated carbocycles. The molecule has 1 N–H and O–H groups in total. The minimum atomic E-state index is -0.896. The molecule has 0 radical (unpaired) electrons. The highest BCUT2D eigenvalue weighted by Crippen LogP contribution is 2.33. The van der Waals surface area contributed by atoms with E-state index in [1.54, 1.807) is 19.2 Å². The smallest absolute Gasteiger partial charge is 0.335 e. The molecular weight excluding hydrogens is 440 g/mol. The van der Waals surface area contributed by atoms with E-state index in [0.717, 1.165) is 57.7 Å². The van der Waals surface area contributed by atoms with Gasteiger partial charge >= 0.3 is 5.97 Å². The van der Waals surface area contributed by atoms with Crippen LogP contribution in [0.3, 0.4) is 0 Å². The molecule has 1 saturated heterocycles. The van der Waals surface area contributed by atoms with Crippen LogP contribution in [0.1, 0.15) is 41.1 Å². The van der Waals surface area contributed by atoms with Crippen molar-refractivity contribution in [1.29, 1.82) is 0 Å². The zero-order valence-corrected chi connectivity index (χ0v) is 20.5. The predicted octanol–water partition coefficient (Wildman–Crippen LogP) is 4.95. The number of methoxy groups -OCH3 is 1. The zero-order valence-electron chi connectivity index (χ0n) is 20.5. The summed E-state index contributed by atoms with van der Waals surface area (Å²) in [4.78, 5) is 15.9. The number of piperazine rings is 1. The van der Waals surface area contributed by atoms with Gasteiger partial charge in [0, 0.05) is 58.1 Å². The Balaban J connectivity index is 1.42. The maximum atomic E-state index is 11.2. The molecule has 35 heavy (non-hydrogen) atoms. The van der Waals surface area contributed by atoms with E-state index in [1.807, 2.05) is 18.2 Å². The number of rotatable bonds is 11. The molecule has 6 heteroatoms. The fourth-order valence-corrected chi connectivity index (χ4v) is 4.79. The van der Waals surface area contributed by atoms with Crippen molar-refractivity contribution in [2.24, 2.45) is 0 Å². The number of benzene rings is 2. The highest BCUT2D eigenvalue weighted by Gasteiger charge is 2.37. The van der Waals surface area contributed by atoms with Crippen molar-refractivity contribution in [3.05, 3.63) is 90.0 Å². The molecule has 1 heterocycles. The third-order valence-corrected chi connectivity index (χ3v) is 6.85. The fourth-order valence-electron chi connectivity index (χ4n) is 4.79. The average molecular weight is 477 g/mol. The summed E-state index contributed by atoms with van der Waals surface area (Å²) >= 11 is 0. The summed E-state index contributed by atoms with van der Waals surface area (Å²) in [6, 6.07) is 17.7. The Morgan fingerprint density at radius 2 is 1.57 bits per heavy atom. The lowest BCUT2D eigenvalue weighted by Crippen LogP contribution is -2.57. The van der Waals surface area contributed by atoms with Crippen molar-refractivity contribution in [2.75, 3.05) is 51.4 Å². The summed E-state index contributed by atoms with van der Waals surface area (Å²) in [7, 11) is 1.74. The Labute approximate surface area is 208 Å². The number of carboxylic acids is 1. The van der Waals surface area contributed by atoms with E-state index in [0.29, 0.717) is 12.2 Å². The van der Waals surface area contributed by atoms with Crippen LogP contribution in [-0.2, 0) is 9.47 Å². The lowest BCUT2D eigenvalue weighted by atomic mass is 9.91. The van der Waals surface area contributed by atoms with Crippen LogP contribution in [0.2, 0.25) is 0 Å². The van der Waals surface area contributed by atoms with Gasteiger partial charge in [0.25, 0.3) is 0 Å². The van der Waals surface area contributed by atoms with Crippen molar-refractivity contribution in [1.82, 2.24) is 4.90 Å². The van der Waals surface area contributed by atoms with Crippen LogP contribution < -0.4 is 4.90 Å². The molecular formula is C29H36N2O4. The Hall–Kier alpha value is -2.93. The molecule has 0 spiro atoms. The van der Waals surface area contributed by atoms with Crippen molar-refractivity contribution in [2.45, 2.75) is 30.9 Å². The van der Waals surface area contributed by atoms with E-state index in [1.165, 1.54) is 5.56 Å². The number of carboxylic acid groups (broad SMARTS) is 1. The van der Waals surface area contributed by atoms with Gasteiger partial charge in [0.2, 0.25) is 0 Å². The van der Waals surface area contributed by atoms with Crippen LogP contribution >= 0.6 is 0 Å². The van der Waals surface area contributed by atoms with Gasteiger partial charge < -0.3 is 19.5 Å². The number of hydrogen-bond acceptors (Lipinski definition) is 5. The summed E-state index contributed by atoms with van der Waals surface area (Å²) in [5.41, 5.74) is 2.12. The summed E-state index contributed by atoms with van der Waals surface area (Å²) in [5.74, 6) is -0.643. The molecule has 0 amide bonds. The second-order valence-corrected chi connectivity index (χ2v) is 9.13. The molecule has 0 aromatic heterocycles. The SMILES string of the molecule is COCCCCCOC1(N2CCN(c3ccc(C(=O)O)cc3)CC2)C=CC(c2ccccc2)C=C1. The van der Waals surface area contributed by atoms with Crippen LogP contribution in [-0.4, -0.2) is 68.2 Å². The first-order valence-corrected chi connectivity index (χ1v) is 12.5. The van der Waals surface area contributed by atoms with Gasteiger partial charge in [-0.25, -0.2) is 4.79 Å². The number of unbranched alkanes of at least 4 members (excludes halogenated alkanes) is 2. The first-order chi connectivity index (χ1) is 17.1. The van der Waals surface area contributed by atoms with Crippen LogP contribution in [0, 0.1) is 0 Å². The Morgan fingerprint density at radius 3 is 2.20 bits per heavy atom. The average Bonchev–Trinajstić information content (AvgIpc) is 2.92. The molecule has 1 fully saturated rings. The van der Waals surface area contributed by atoms with E-state index in [4.69, 9.17) is 14.6 Å². The first kappa shape index (κ1) is 25.2. The summed E-state index contributed by atoms with van der Waals surface area (Å²) < 4.78 is 11.8. The molecule has 2 aromatic carbocycles. The topological polar surface area (TPSA) is 62.2 Å². The fraction of sp³-hybridized carbons (Fsp3) is 0.414. The number of aromatic carboxylic acids is 1. The van der Waals surface area contributed by atoms with Crippen LogP contribution in [0.4, 0.5) is 5.69 Å². The van der Waals surface area contributed by atoms with Crippen molar-refractivity contribution in [3.8, 4) is 0 Å². The van der Waals surface area contributed by atoms with Gasteiger partial charge in [-0.1, -0.05) is 42.5 Å². The second kappa shape index (κ2) is 12.2. The molecule has 1 aliphatic carbocycles. The lowest BCUT2D eigenvalue weighted by molar-refractivity contribution is -0.0920. The second-order valence-electron chi connectivity index (χ2n) is 9.13. The molecule has 1 aliphatic heterocycles. The molecule has 6 nitrogen and oxygen atoms in total. The molecule has 0 bridgehead atoms. The number of allylic oxidation sites excluding steroid dienone is 2. The third-order valence-electron chi connectivity index (χ3n) is 6.85. The molecule has 0 atom stereocenters. The van der Waals surface area contributed by atoms with Gasteiger partial charge in [0.15, 0.2) is 5.72 Å². The number of carbonyl (C=O) groups is 1. The van der Waals surface area contributed by atoms with E-state index >= 15 is 0 Å². The van der Waals surface area contributed by atoms with Crippen molar-refractivity contribution in [3.63, 3.8) is 0 Å². The van der Waals surface area contributed by atoms with E-state index in [-0.39, 0.29) is 5.92 Å². The lowest BCUT2D eigenvalue weighted by Gasteiger charge is -2.46. The van der Waals surface area contributed by atoms with E-state index in [2.05, 4.69) is 58.4 Å². The van der Waals surface area contributed by atoms with E-state index < -0.39 is 11.7 Å². The van der Waals surface area contributed by atoms with Crippen molar-refractivity contribution < 1.29 is 19.4 Å². The number of hydrogen-bond donors (Lipinski definition) is 1. The number of nitrogens with zero attached hydrogens (tertiary/aromatic N) is 2. The standard InChI is InChI=1S/C29H36N2O4/c1-34-22-6-3-7-23-35-29(16-14-25(15-17-29)24-8-4-2-5-9-24)31-20-18-30(19-21-31)27-12-10-26(11-13-27)28(32)33/h2,4-5,8-17,25H,3,6-7,18-23H2,1H3,(H,32,33). The zero-order chi connectivity index (χ0) is 24.5. The quantitative estimate of drug-likeness (QED) is 0.366. The van der Waals surface area contributed by atoms with Crippen LogP contribution in [0.25, 0.3) is 0 Å². The minimum Gasteiger partial charge on any atom is -0.478 e. The van der Waals surface area contributed by atoms with E-state index in [9.17, 15) is 4.79 Å². The van der Waals surface area contributed by atoms with Crippen molar-refractivity contribution >= 4 is 11.7 Å². The third kappa shape index (κ3) is 6.40. The predicted molar refractivity (Wildman–Crippen MR) is 139 cm³/mol. The maximum absolute atomic E-state index is 11.2. The highest BCUT2D eigenvalue weighted by atomic mass is 16.5. The Kier molecular flexibility index (Phi) is 8.74. The highest BCUT2D eigenvalue weighted by molar-refractivity contribution is 5.88. The maximum Gasteiger partial charge on any atom is 0.335 e. The summed E-state index contributed by atoms with van der Waals surface area (Å²) in [6.07, 6.45) is 12.1. The van der Waals surface area contributed by atoms with Gasteiger partial charge in [-0.2, -0.15) is 0 Å². The molecule has 2 aromatic rings. The van der Waals surface area contributed by atoms with Crippen LogP contribution in [0.15, 0.2) is 78.9 Å². The summed E-state index contributed by atoms with van der Waals surface area (Å²) in [5, 5.41) is 9.16. The minimum absolute atomic E-state index is 0.253. The van der Waals surface area contributed by atoms with Crippen LogP contribution in [0.5, 0.6) is 0 Å². The Morgan fingerprint density at radius 1 is 0.914 bits per heavy atom. The molecule has 2 aliphatic rings.